The largest absolute Gasteiger partial charge is 0.332 e. The van der Waals surface area contributed by atoms with Crippen molar-refractivity contribution in [2.75, 3.05) is 18.9 Å². The molecule has 0 saturated heterocycles. The number of hydrogen-bond donors (Lipinski definition) is 1. The smallest absolute Gasteiger partial charge is 0.255 e. The van der Waals surface area contributed by atoms with E-state index >= 15 is 0 Å². The lowest BCUT2D eigenvalue weighted by molar-refractivity contribution is -0.116. The van der Waals surface area contributed by atoms with Gasteiger partial charge in [0.05, 0.1) is 22.8 Å². The van der Waals surface area contributed by atoms with Crippen LogP contribution in [0.25, 0.3) is 5.69 Å². The van der Waals surface area contributed by atoms with E-state index in [1.807, 2.05) is 45.0 Å². The Balaban J connectivity index is 1.77. The monoisotopic (exact) mass is 409 g/mol. The number of aryl methyl sites for hydroxylation is 2. The minimum atomic E-state index is -0.304. The van der Waals surface area contributed by atoms with Crippen LogP contribution in [-0.4, -0.2) is 34.9 Å². The Morgan fingerprint density at radius 1 is 1.03 bits per heavy atom. The van der Waals surface area contributed by atoms with Crippen LogP contribution in [0.2, 0.25) is 5.02 Å². The maximum Gasteiger partial charge on any atom is 0.255 e. The third-order valence-electron chi connectivity index (χ3n) is 4.80. The first-order valence-electron chi connectivity index (χ1n) is 9.33. The van der Waals surface area contributed by atoms with E-state index in [1.54, 1.807) is 31.3 Å². The summed E-state index contributed by atoms with van der Waals surface area (Å²) in [5.41, 5.74) is 5.07. The lowest BCUT2D eigenvalue weighted by Crippen LogP contribution is -2.35. The molecule has 0 saturated carbocycles. The van der Waals surface area contributed by atoms with E-state index in [0.29, 0.717) is 16.3 Å². The topological polar surface area (TPSA) is 54.3 Å². The van der Waals surface area contributed by atoms with Gasteiger partial charge in [-0.25, -0.2) is 0 Å². The molecule has 0 radical (unpaired) electrons. The zero-order chi connectivity index (χ0) is 21.1. The minimum Gasteiger partial charge on any atom is -0.332 e. The molecule has 0 fully saturated rings. The molecular formula is C23H24ClN3O2. The molecule has 150 valence electrons. The highest BCUT2D eigenvalue weighted by molar-refractivity contribution is 6.33. The summed E-state index contributed by atoms with van der Waals surface area (Å²) < 4.78 is 2.05. The number of nitrogens with one attached hydrogen (secondary N) is 1. The van der Waals surface area contributed by atoms with Gasteiger partial charge in [0.25, 0.3) is 5.91 Å². The molecule has 29 heavy (non-hydrogen) atoms. The maximum absolute atomic E-state index is 13.0. The maximum atomic E-state index is 13.0. The van der Waals surface area contributed by atoms with E-state index in [0.717, 1.165) is 22.6 Å². The first-order chi connectivity index (χ1) is 13.8. The lowest BCUT2D eigenvalue weighted by atomic mass is 10.2. The van der Waals surface area contributed by atoms with Gasteiger partial charge in [0.2, 0.25) is 5.91 Å². The average molecular weight is 410 g/mol. The number of hydrogen-bond acceptors (Lipinski definition) is 2. The summed E-state index contributed by atoms with van der Waals surface area (Å²) in [5, 5.41) is 3.20. The first kappa shape index (κ1) is 20.7. The predicted octanol–water partition coefficient (Wildman–Crippen LogP) is 4.77. The number of carbonyl (C=O) groups excluding carboxylic acids is 2. The Morgan fingerprint density at radius 3 is 2.45 bits per heavy atom. The molecule has 0 bridgehead atoms. The summed E-state index contributed by atoms with van der Waals surface area (Å²) in [4.78, 5) is 26.8. The molecule has 0 unspecified atom stereocenters. The summed E-state index contributed by atoms with van der Waals surface area (Å²) in [6.45, 7) is 5.85. The molecule has 0 atom stereocenters. The fourth-order valence-corrected chi connectivity index (χ4v) is 3.57. The van der Waals surface area contributed by atoms with E-state index in [-0.39, 0.29) is 18.4 Å². The van der Waals surface area contributed by atoms with Crippen LogP contribution < -0.4 is 5.32 Å². The molecular weight excluding hydrogens is 386 g/mol. The fourth-order valence-electron chi connectivity index (χ4n) is 3.39. The molecule has 5 nitrogen and oxygen atoms in total. The number of carbonyl (C=O) groups is 2. The van der Waals surface area contributed by atoms with Crippen molar-refractivity contribution in [1.29, 1.82) is 0 Å². The predicted molar refractivity (Wildman–Crippen MR) is 117 cm³/mol. The summed E-state index contributed by atoms with van der Waals surface area (Å²) >= 11 is 6.08. The summed E-state index contributed by atoms with van der Waals surface area (Å²) in [6.07, 6.45) is 0. The number of rotatable bonds is 5. The molecule has 0 aliphatic carbocycles. The van der Waals surface area contributed by atoms with Crippen molar-refractivity contribution in [1.82, 2.24) is 9.47 Å². The van der Waals surface area contributed by atoms with Gasteiger partial charge in [-0.15, -0.1) is 0 Å². The van der Waals surface area contributed by atoms with Crippen molar-refractivity contribution in [3.8, 4) is 5.69 Å². The molecule has 6 heteroatoms. The van der Waals surface area contributed by atoms with E-state index in [4.69, 9.17) is 11.6 Å². The SMILES string of the molecule is Cc1cccc(-n2c(C)cc(C(=O)N(C)CC(=O)Nc3ccccc3Cl)c2C)c1. The van der Waals surface area contributed by atoms with Crippen LogP contribution in [0.4, 0.5) is 5.69 Å². The van der Waals surface area contributed by atoms with Crippen molar-refractivity contribution in [3.05, 3.63) is 82.1 Å². The zero-order valence-corrected chi connectivity index (χ0v) is 17.7. The molecule has 1 N–H and O–H groups in total. The van der Waals surface area contributed by atoms with Gasteiger partial charge >= 0.3 is 0 Å². The highest BCUT2D eigenvalue weighted by Crippen LogP contribution is 2.23. The number of anilines is 1. The van der Waals surface area contributed by atoms with E-state index in [9.17, 15) is 9.59 Å². The highest BCUT2D eigenvalue weighted by Gasteiger charge is 2.21. The number of aromatic nitrogens is 1. The molecule has 1 aromatic heterocycles. The lowest BCUT2D eigenvalue weighted by Gasteiger charge is -2.17. The second-order valence-corrected chi connectivity index (χ2v) is 7.56. The van der Waals surface area contributed by atoms with Crippen LogP contribution in [0.3, 0.4) is 0 Å². The molecule has 0 aliphatic heterocycles. The quantitative estimate of drug-likeness (QED) is 0.660. The van der Waals surface area contributed by atoms with Crippen molar-refractivity contribution in [2.24, 2.45) is 0 Å². The van der Waals surface area contributed by atoms with E-state index in [1.165, 1.54) is 4.90 Å². The van der Waals surface area contributed by atoms with Gasteiger partial charge in [0.15, 0.2) is 0 Å². The number of benzene rings is 2. The molecule has 2 aromatic carbocycles. The molecule has 3 rings (SSSR count). The third kappa shape index (κ3) is 4.51. The van der Waals surface area contributed by atoms with Crippen LogP contribution >= 0.6 is 11.6 Å². The Hall–Kier alpha value is -3.05. The van der Waals surface area contributed by atoms with Crippen molar-refractivity contribution in [3.63, 3.8) is 0 Å². The van der Waals surface area contributed by atoms with Crippen molar-refractivity contribution >= 4 is 29.1 Å². The van der Waals surface area contributed by atoms with Gasteiger partial charge < -0.3 is 14.8 Å². The number of halogens is 1. The second-order valence-electron chi connectivity index (χ2n) is 7.15. The first-order valence-corrected chi connectivity index (χ1v) is 9.71. The minimum absolute atomic E-state index is 0.0713. The Bertz CT molecular complexity index is 1070. The number of para-hydroxylation sites is 1. The molecule has 3 aromatic rings. The van der Waals surface area contributed by atoms with E-state index < -0.39 is 0 Å². The van der Waals surface area contributed by atoms with Gasteiger partial charge in [-0.3, -0.25) is 9.59 Å². The van der Waals surface area contributed by atoms with Gasteiger partial charge in [0, 0.05) is 24.1 Å². The zero-order valence-electron chi connectivity index (χ0n) is 17.0. The second kappa shape index (κ2) is 8.53. The number of nitrogens with zero attached hydrogens (tertiary/aromatic N) is 2. The average Bonchev–Trinajstić information content (AvgIpc) is 2.97. The number of likely N-dealkylation sites (N-methyl/N-ethyl adjacent to an activating group) is 1. The molecule has 0 spiro atoms. The number of amides is 2. The van der Waals surface area contributed by atoms with Gasteiger partial charge in [-0.1, -0.05) is 35.9 Å². The fraction of sp³-hybridized carbons (Fsp3) is 0.217. The van der Waals surface area contributed by atoms with Crippen LogP contribution in [0.5, 0.6) is 0 Å². The van der Waals surface area contributed by atoms with Crippen LogP contribution in [0.1, 0.15) is 27.3 Å². The van der Waals surface area contributed by atoms with Crippen molar-refractivity contribution in [2.45, 2.75) is 20.8 Å². The van der Waals surface area contributed by atoms with Crippen LogP contribution in [0.15, 0.2) is 54.6 Å². The van der Waals surface area contributed by atoms with Gasteiger partial charge in [-0.05, 0) is 56.7 Å². The third-order valence-corrected chi connectivity index (χ3v) is 5.13. The Labute approximate surface area is 175 Å². The van der Waals surface area contributed by atoms with E-state index in [2.05, 4.69) is 16.0 Å². The summed E-state index contributed by atoms with van der Waals surface area (Å²) in [6, 6.07) is 17.0. The molecule has 0 aliphatic rings. The summed E-state index contributed by atoms with van der Waals surface area (Å²) in [5.74, 6) is -0.507. The van der Waals surface area contributed by atoms with Crippen LogP contribution in [-0.2, 0) is 4.79 Å². The normalized spacial score (nSPS) is 10.7. The molecule has 2 amide bonds. The Morgan fingerprint density at radius 2 is 1.76 bits per heavy atom. The van der Waals surface area contributed by atoms with Crippen LogP contribution in [0, 0.1) is 20.8 Å². The van der Waals surface area contributed by atoms with Crippen molar-refractivity contribution < 1.29 is 9.59 Å². The standard InChI is InChI=1S/C23H24ClN3O2/c1-15-8-7-9-18(12-15)27-16(2)13-19(17(27)3)23(29)26(4)14-22(28)25-21-11-6-5-10-20(21)24/h5-13H,14H2,1-4H3,(H,25,28). The van der Waals surface area contributed by atoms with Gasteiger partial charge in [-0.2, -0.15) is 0 Å². The summed E-state index contributed by atoms with van der Waals surface area (Å²) in [7, 11) is 1.62. The molecule has 1 heterocycles. The highest BCUT2D eigenvalue weighted by atomic mass is 35.5. The van der Waals surface area contributed by atoms with Gasteiger partial charge in [0.1, 0.15) is 0 Å². The Kier molecular flexibility index (Phi) is 6.09.